The van der Waals surface area contributed by atoms with Crippen LogP contribution >= 0.6 is 0 Å². The van der Waals surface area contributed by atoms with Crippen molar-refractivity contribution in [1.29, 1.82) is 5.26 Å². The molecular weight excluding hydrogens is 363 g/mol. The van der Waals surface area contributed by atoms with Gasteiger partial charge in [-0.15, -0.1) is 0 Å². The standard InChI is InChI=1S/C19H13FN6O2/c1-9-16-14(8-21)24-13-5-6-15(28-2)25-19(13)26(16)18(23-9)10-3-4-12(20)11(7-10)17(22)27/h3-7H,1-2H3,(H2,22,27). The van der Waals surface area contributed by atoms with Crippen LogP contribution in [0.2, 0.25) is 0 Å². The number of pyridine rings is 1. The minimum atomic E-state index is -0.888. The Morgan fingerprint density at radius 1 is 1.25 bits per heavy atom. The summed E-state index contributed by atoms with van der Waals surface area (Å²) in [5.74, 6) is -0.881. The first-order valence-corrected chi connectivity index (χ1v) is 8.18. The Hall–Kier alpha value is -4.06. The summed E-state index contributed by atoms with van der Waals surface area (Å²) in [4.78, 5) is 24.9. The maximum atomic E-state index is 13.9. The van der Waals surface area contributed by atoms with Gasteiger partial charge in [0, 0.05) is 11.6 Å². The molecule has 0 saturated heterocycles. The van der Waals surface area contributed by atoms with Crippen molar-refractivity contribution in [1.82, 2.24) is 19.4 Å². The summed E-state index contributed by atoms with van der Waals surface area (Å²) < 4.78 is 20.8. The van der Waals surface area contributed by atoms with Crippen LogP contribution in [-0.4, -0.2) is 32.4 Å². The lowest BCUT2D eigenvalue weighted by Gasteiger charge is -2.09. The van der Waals surface area contributed by atoms with Gasteiger partial charge in [0.1, 0.15) is 28.7 Å². The number of carbonyl (C=O) groups excluding carboxylic acids is 1. The number of halogens is 1. The van der Waals surface area contributed by atoms with Gasteiger partial charge in [-0.2, -0.15) is 10.2 Å². The quantitative estimate of drug-likeness (QED) is 0.586. The summed E-state index contributed by atoms with van der Waals surface area (Å²) in [5, 5.41) is 9.54. The lowest BCUT2D eigenvalue weighted by atomic mass is 10.1. The van der Waals surface area contributed by atoms with Gasteiger partial charge >= 0.3 is 0 Å². The average molecular weight is 376 g/mol. The first kappa shape index (κ1) is 17.4. The first-order chi connectivity index (χ1) is 13.4. The molecule has 2 N–H and O–H groups in total. The summed E-state index contributed by atoms with van der Waals surface area (Å²) in [7, 11) is 1.49. The number of ether oxygens (including phenoxy) is 1. The molecule has 1 amide bonds. The molecule has 4 aromatic rings. The summed E-state index contributed by atoms with van der Waals surface area (Å²) in [6.07, 6.45) is 0. The third-order valence-corrected chi connectivity index (χ3v) is 4.35. The fourth-order valence-corrected chi connectivity index (χ4v) is 3.10. The van der Waals surface area contributed by atoms with E-state index >= 15 is 0 Å². The summed E-state index contributed by atoms with van der Waals surface area (Å²) in [6.45, 7) is 1.73. The highest BCUT2D eigenvalue weighted by Crippen LogP contribution is 2.29. The van der Waals surface area contributed by atoms with Crippen LogP contribution in [-0.2, 0) is 0 Å². The van der Waals surface area contributed by atoms with E-state index in [-0.39, 0.29) is 11.3 Å². The number of methoxy groups -OCH3 is 1. The molecule has 3 aromatic heterocycles. The normalized spacial score (nSPS) is 10.9. The molecule has 0 saturated carbocycles. The highest BCUT2D eigenvalue weighted by Gasteiger charge is 2.20. The number of amides is 1. The Kier molecular flexibility index (Phi) is 3.89. The summed E-state index contributed by atoms with van der Waals surface area (Å²) in [6, 6.07) is 9.34. The molecular formula is C19H13FN6O2. The predicted octanol–water partition coefficient (Wildman–Crippen LogP) is 2.37. The fourth-order valence-electron chi connectivity index (χ4n) is 3.10. The minimum Gasteiger partial charge on any atom is -0.481 e. The minimum absolute atomic E-state index is 0.174. The van der Waals surface area contributed by atoms with Crippen molar-refractivity contribution in [3.05, 3.63) is 53.1 Å². The van der Waals surface area contributed by atoms with E-state index in [0.717, 1.165) is 6.07 Å². The smallest absolute Gasteiger partial charge is 0.251 e. The third-order valence-electron chi connectivity index (χ3n) is 4.35. The summed E-state index contributed by atoms with van der Waals surface area (Å²) >= 11 is 0. The SMILES string of the molecule is COc1ccc2nc(C#N)c3c(C)nc(-c4ccc(F)c(C(N)=O)c4)n3c2n1. The maximum absolute atomic E-state index is 13.9. The van der Waals surface area contributed by atoms with E-state index in [2.05, 4.69) is 21.0 Å². The molecule has 0 aliphatic rings. The number of fused-ring (bicyclic) bond motifs is 3. The second kappa shape index (κ2) is 6.28. The van der Waals surface area contributed by atoms with E-state index in [4.69, 9.17) is 10.5 Å². The van der Waals surface area contributed by atoms with Crippen molar-refractivity contribution in [2.75, 3.05) is 7.11 Å². The number of hydrogen-bond donors (Lipinski definition) is 1. The van der Waals surface area contributed by atoms with Crippen LogP contribution in [0.5, 0.6) is 5.88 Å². The van der Waals surface area contributed by atoms with Gasteiger partial charge in [-0.1, -0.05) is 0 Å². The van der Waals surface area contributed by atoms with Gasteiger partial charge in [-0.3, -0.25) is 9.20 Å². The van der Waals surface area contributed by atoms with Crippen molar-refractivity contribution in [3.8, 4) is 23.3 Å². The second-order valence-corrected chi connectivity index (χ2v) is 6.03. The molecule has 0 aliphatic heterocycles. The number of nitrogens with zero attached hydrogens (tertiary/aromatic N) is 5. The van der Waals surface area contributed by atoms with Crippen LogP contribution in [0.15, 0.2) is 30.3 Å². The molecule has 3 heterocycles. The lowest BCUT2D eigenvalue weighted by Crippen LogP contribution is -2.13. The van der Waals surface area contributed by atoms with Crippen LogP contribution in [0.25, 0.3) is 28.1 Å². The van der Waals surface area contributed by atoms with Gasteiger partial charge in [0.15, 0.2) is 11.3 Å². The molecule has 0 fully saturated rings. The highest BCUT2D eigenvalue weighted by molar-refractivity contribution is 5.94. The Bertz CT molecular complexity index is 1320. The van der Waals surface area contributed by atoms with E-state index in [0.29, 0.717) is 39.6 Å². The lowest BCUT2D eigenvalue weighted by molar-refractivity contribution is 0.0996. The Morgan fingerprint density at radius 2 is 2.04 bits per heavy atom. The molecule has 0 spiro atoms. The molecule has 0 radical (unpaired) electrons. The Labute approximate surface area is 158 Å². The van der Waals surface area contributed by atoms with Gasteiger partial charge < -0.3 is 10.5 Å². The van der Waals surface area contributed by atoms with Crippen LogP contribution < -0.4 is 10.5 Å². The molecule has 9 heteroatoms. The average Bonchev–Trinajstić information content (AvgIpc) is 3.05. The molecule has 0 unspecified atom stereocenters. The maximum Gasteiger partial charge on any atom is 0.251 e. The largest absolute Gasteiger partial charge is 0.481 e. The zero-order valence-electron chi connectivity index (χ0n) is 14.9. The van der Waals surface area contributed by atoms with Crippen LogP contribution in [0, 0.1) is 24.1 Å². The van der Waals surface area contributed by atoms with Crippen LogP contribution in [0.4, 0.5) is 4.39 Å². The Morgan fingerprint density at radius 3 is 2.71 bits per heavy atom. The zero-order valence-corrected chi connectivity index (χ0v) is 14.9. The molecule has 0 atom stereocenters. The molecule has 0 bridgehead atoms. The monoisotopic (exact) mass is 376 g/mol. The number of carbonyl (C=O) groups is 1. The number of imidazole rings is 1. The number of primary amides is 1. The van der Waals surface area contributed by atoms with Crippen LogP contribution in [0.1, 0.15) is 21.7 Å². The number of benzene rings is 1. The zero-order chi connectivity index (χ0) is 20.0. The number of hydrogen-bond acceptors (Lipinski definition) is 6. The van der Waals surface area contributed by atoms with Crippen molar-refractivity contribution < 1.29 is 13.9 Å². The highest BCUT2D eigenvalue weighted by atomic mass is 19.1. The number of nitriles is 1. The van der Waals surface area contributed by atoms with E-state index in [1.807, 2.05) is 0 Å². The van der Waals surface area contributed by atoms with Gasteiger partial charge in [-0.25, -0.2) is 14.4 Å². The summed E-state index contributed by atoms with van der Waals surface area (Å²) in [5.41, 5.74) is 7.51. The fraction of sp³-hybridized carbons (Fsp3) is 0.105. The number of aryl methyl sites for hydroxylation is 1. The van der Waals surface area contributed by atoms with E-state index < -0.39 is 11.7 Å². The van der Waals surface area contributed by atoms with Crippen molar-refractivity contribution >= 4 is 22.6 Å². The van der Waals surface area contributed by atoms with Gasteiger partial charge in [0.2, 0.25) is 5.88 Å². The Balaban J connectivity index is 2.16. The number of aromatic nitrogens is 4. The number of rotatable bonds is 3. The molecule has 8 nitrogen and oxygen atoms in total. The van der Waals surface area contributed by atoms with Crippen molar-refractivity contribution in [2.45, 2.75) is 6.92 Å². The van der Waals surface area contributed by atoms with E-state index in [9.17, 15) is 14.4 Å². The molecule has 138 valence electrons. The van der Waals surface area contributed by atoms with Gasteiger partial charge in [0.05, 0.1) is 18.4 Å². The van der Waals surface area contributed by atoms with Crippen molar-refractivity contribution in [2.24, 2.45) is 5.73 Å². The molecule has 28 heavy (non-hydrogen) atoms. The van der Waals surface area contributed by atoms with Gasteiger partial charge in [-0.05, 0) is 31.2 Å². The predicted molar refractivity (Wildman–Crippen MR) is 98.2 cm³/mol. The third kappa shape index (κ3) is 2.51. The van der Waals surface area contributed by atoms with Crippen molar-refractivity contribution in [3.63, 3.8) is 0 Å². The second-order valence-electron chi connectivity index (χ2n) is 6.03. The molecule has 1 aromatic carbocycles. The topological polar surface area (TPSA) is 119 Å². The van der Waals surface area contributed by atoms with Gasteiger partial charge in [0.25, 0.3) is 5.91 Å². The molecule has 0 aliphatic carbocycles. The van der Waals surface area contributed by atoms with E-state index in [1.54, 1.807) is 23.5 Å². The number of nitrogens with two attached hydrogens (primary N) is 1. The van der Waals surface area contributed by atoms with E-state index in [1.165, 1.54) is 19.2 Å². The first-order valence-electron chi connectivity index (χ1n) is 8.18. The van der Waals surface area contributed by atoms with Crippen LogP contribution in [0.3, 0.4) is 0 Å². The molecule has 4 rings (SSSR count).